The number of benzene rings is 2. The van der Waals surface area contributed by atoms with E-state index in [0.29, 0.717) is 30.2 Å². The first kappa shape index (κ1) is 18.1. The molecule has 6 heteroatoms. The summed E-state index contributed by atoms with van der Waals surface area (Å²) in [5, 5.41) is 2.87. The summed E-state index contributed by atoms with van der Waals surface area (Å²) < 4.78 is 23.3. The van der Waals surface area contributed by atoms with Crippen molar-refractivity contribution in [3.63, 3.8) is 0 Å². The van der Waals surface area contributed by atoms with Crippen molar-refractivity contribution in [2.45, 2.75) is 17.9 Å². The quantitative estimate of drug-likeness (QED) is 0.739. The molecule has 1 amide bonds. The minimum absolute atomic E-state index is 0.0394. The second kappa shape index (κ2) is 9.17. The molecule has 2 aromatic rings. The topological polar surface area (TPSA) is 47.6 Å². The highest BCUT2D eigenvalue weighted by Gasteiger charge is 2.07. The molecule has 0 fully saturated rings. The highest BCUT2D eigenvalue weighted by atomic mass is 32.2. The Morgan fingerprint density at radius 3 is 2.54 bits per heavy atom. The lowest BCUT2D eigenvalue weighted by atomic mass is 10.2. The minimum atomic E-state index is -0.259. The molecule has 0 saturated carbocycles. The summed E-state index contributed by atoms with van der Waals surface area (Å²) in [6.07, 6.45) is 0.389. The van der Waals surface area contributed by atoms with E-state index in [1.54, 1.807) is 32.4 Å². The first-order valence-electron chi connectivity index (χ1n) is 7.48. The highest BCUT2D eigenvalue weighted by Crippen LogP contribution is 2.24. The molecule has 24 heavy (non-hydrogen) atoms. The molecular formula is C18H20FNO3S. The van der Waals surface area contributed by atoms with Crippen molar-refractivity contribution >= 4 is 17.7 Å². The zero-order chi connectivity index (χ0) is 17.4. The van der Waals surface area contributed by atoms with Crippen molar-refractivity contribution in [3.05, 3.63) is 53.8 Å². The molecule has 0 saturated heterocycles. The summed E-state index contributed by atoms with van der Waals surface area (Å²) in [4.78, 5) is 12.9. The molecule has 0 aliphatic rings. The lowest BCUT2D eigenvalue weighted by Crippen LogP contribution is -2.23. The molecule has 1 N–H and O–H groups in total. The molecule has 0 heterocycles. The summed E-state index contributed by atoms with van der Waals surface area (Å²) >= 11 is 1.52. The van der Waals surface area contributed by atoms with Gasteiger partial charge in [0.1, 0.15) is 17.3 Å². The third kappa shape index (κ3) is 5.45. The van der Waals surface area contributed by atoms with Gasteiger partial charge in [0.05, 0.1) is 14.2 Å². The Labute approximate surface area is 145 Å². The molecule has 0 spiro atoms. The van der Waals surface area contributed by atoms with Crippen molar-refractivity contribution in [3.8, 4) is 11.5 Å². The predicted octanol–water partition coefficient (Wildman–Crippen LogP) is 3.64. The normalized spacial score (nSPS) is 10.3. The van der Waals surface area contributed by atoms with Crippen LogP contribution in [-0.2, 0) is 11.3 Å². The van der Waals surface area contributed by atoms with E-state index in [4.69, 9.17) is 9.47 Å². The van der Waals surface area contributed by atoms with Gasteiger partial charge in [-0.2, -0.15) is 0 Å². The SMILES string of the molecule is COc1ccc(CNC(=O)CCSc2ccc(F)cc2)c(OC)c1. The van der Waals surface area contributed by atoms with E-state index >= 15 is 0 Å². The van der Waals surface area contributed by atoms with Gasteiger partial charge < -0.3 is 14.8 Å². The van der Waals surface area contributed by atoms with Gasteiger partial charge in [-0.25, -0.2) is 4.39 Å². The van der Waals surface area contributed by atoms with Gasteiger partial charge in [-0.15, -0.1) is 11.8 Å². The van der Waals surface area contributed by atoms with Crippen LogP contribution < -0.4 is 14.8 Å². The monoisotopic (exact) mass is 349 g/mol. The summed E-state index contributed by atoms with van der Waals surface area (Å²) in [6, 6.07) is 11.7. The first-order chi connectivity index (χ1) is 11.6. The molecule has 0 radical (unpaired) electrons. The number of carbonyl (C=O) groups is 1. The molecule has 2 aromatic carbocycles. The van der Waals surface area contributed by atoms with Crippen LogP contribution in [0, 0.1) is 5.82 Å². The van der Waals surface area contributed by atoms with E-state index in [2.05, 4.69) is 5.32 Å². The van der Waals surface area contributed by atoms with Crippen LogP contribution in [-0.4, -0.2) is 25.9 Å². The lowest BCUT2D eigenvalue weighted by molar-refractivity contribution is -0.120. The fraction of sp³-hybridized carbons (Fsp3) is 0.278. The second-order valence-corrected chi connectivity index (χ2v) is 6.18. The molecule has 128 valence electrons. The van der Waals surface area contributed by atoms with Gasteiger partial charge in [-0.05, 0) is 36.4 Å². The minimum Gasteiger partial charge on any atom is -0.497 e. The summed E-state index contributed by atoms with van der Waals surface area (Å²) in [7, 11) is 3.18. The fourth-order valence-corrected chi connectivity index (χ4v) is 2.92. The van der Waals surface area contributed by atoms with Crippen LogP contribution in [0.4, 0.5) is 4.39 Å². The molecule has 0 bridgehead atoms. The van der Waals surface area contributed by atoms with Gasteiger partial charge in [0.25, 0.3) is 0 Å². The third-order valence-corrected chi connectivity index (χ3v) is 4.40. The van der Waals surface area contributed by atoms with Crippen LogP contribution in [0.5, 0.6) is 11.5 Å². The Morgan fingerprint density at radius 1 is 1.12 bits per heavy atom. The number of hydrogen-bond acceptors (Lipinski definition) is 4. The molecule has 0 aliphatic carbocycles. The Hall–Kier alpha value is -2.21. The van der Waals surface area contributed by atoms with Gasteiger partial charge in [0, 0.05) is 35.2 Å². The van der Waals surface area contributed by atoms with E-state index in [-0.39, 0.29) is 11.7 Å². The summed E-state index contributed by atoms with van der Waals surface area (Å²) in [5.74, 6) is 1.72. The van der Waals surface area contributed by atoms with Crippen molar-refractivity contribution < 1.29 is 18.7 Å². The third-order valence-electron chi connectivity index (χ3n) is 3.38. The van der Waals surface area contributed by atoms with Crippen LogP contribution >= 0.6 is 11.8 Å². The van der Waals surface area contributed by atoms with Crippen LogP contribution in [0.1, 0.15) is 12.0 Å². The van der Waals surface area contributed by atoms with Gasteiger partial charge in [0.2, 0.25) is 5.91 Å². The second-order valence-electron chi connectivity index (χ2n) is 5.01. The van der Waals surface area contributed by atoms with Gasteiger partial charge in [-0.1, -0.05) is 0 Å². The van der Waals surface area contributed by atoms with Crippen molar-refractivity contribution in [1.29, 1.82) is 0 Å². The van der Waals surface area contributed by atoms with Gasteiger partial charge in [0.15, 0.2) is 0 Å². The van der Waals surface area contributed by atoms with Crippen LogP contribution in [0.15, 0.2) is 47.4 Å². The number of amides is 1. The Kier molecular flexibility index (Phi) is 6.93. The average Bonchev–Trinajstić information content (AvgIpc) is 2.61. The van der Waals surface area contributed by atoms with Crippen molar-refractivity contribution in [1.82, 2.24) is 5.32 Å². The smallest absolute Gasteiger partial charge is 0.221 e. The zero-order valence-electron chi connectivity index (χ0n) is 13.7. The number of nitrogens with one attached hydrogen (secondary N) is 1. The number of methoxy groups -OCH3 is 2. The standard InChI is InChI=1S/C18H20FNO3S/c1-22-15-6-3-13(17(11-15)23-2)12-20-18(21)9-10-24-16-7-4-14(19)5-8-16/h3-8,11H,9-10,12H2,1-2H3,(H,20,21). The van der Waals surface area contributed by atoms with Crippen molar-refractivity contribution in [2.75, 3.05) is 20.0 Å². The molecule has 4 nitrogen and oxygen atoms in total. The van der Waals surface area contributed by atoms with Gasteiger partial charge >= 0.3 is 0 Å². The molecule has 0 aliphatic heterocycles. The van der Waals surface area contributed by atoms with E-state index in [1.165, 1.54) is 23.9 Å². The van der Waals surface area contributed by atoms with E-state index in [1.807, 2.05) is 12.1 Å². The molecule has 0 atom stereocenters. The number of ether oxygens (including phenoxy) is 2. The number of carbonyl (C=O) groups excluding carboxylic acids is 1. The van der Waals surface area contributed by atoms with Crippen molar-refractivity contribution in [2.24, 2.45) is 0 Å². The maximum atomic E-state index is 12.8. The average molecular weight is 349 g/mol. The van der Waals surface area contributed by atoms with E-state index < -0.39 is 0 Å². The number of hydrogen-bond donors (Lipinski definition) is 1. The summed E-state index contributed by atoms with van der Waals surface area (Å²) in [6.45, 7) is 0.396. The van der Waals surface area contributed by atoms with Crippen LogP contribution in [0.2, 0.25) is 0 Å². The van der Waals surface area contributed by atoms with E-state index in [9.17, 15) is 9.18 Å². The molecule has 0 aromatic heterocycles. The van der Waals surface area contributed by atoms with E-state index in [0.717, 1.165) is 10.5 Å². The first-order valence-corrected chi connectivity index (χ1v) is 8.47. The summed E-state index contributed by atoms with van der Waals surface area (Å²) in [5.41, 5.74) is 0.887. The Morgan fingerprint density at radius 2 is 1.88 bits per heavy atom. The Balaban J connectivity index is 1.77. The van der Waals surface area contributed by atoms with Gasteiger partial charge in [-0.3, -0.25) is 4.79 Å². The Bertz CT molecular complexity index is 676. The maximum absolute atomic E-state index is 12.8. The molecule has 2 rings (SSSR count). The highest BCUT2D eigenvalue weighted by molar-refractivity contribution is 7.99. The van der Waals surface area contributed by atoms with Crippen LogP contribution in [0.25, 0.3) is 0 Å². The largest absolute Gasteiger partial charge is 0.497 e. The fourth-order valence-electron chi connectivity index (χ4n) is 2.07. The number of rotatable bonds is 8. The van der Waals surface area contributed by atoms with Crippen LogP contribution in [0.3, 0.4) is 0 Å². The predicted molar refractivity (Wildman–Crippen MR) is 93.1 cm³/mol. The molecular weight excluding hydrogens is 329 g/mol. The maximum Gasteiger partial charge on any atom is 0.221 e. The number of thioether (sulfide) groups is 1. The lowest BCUT2D eigenvalue weighted by Gasteiger charge is -2.11. The molecule has 0 unspecified atom stereocenters. The number of halogens is 1. The zero-order valence-corrected chi connectivity index (χ0v) is 14.5.